The van der Waals surface area contributed by atoms with Gasteiger partial charge in [0.25, 0.3) is 0 Å². The second-order valence-corrected chi connectivity index (χ2v) is 12.7. The second kappa shape index (κ2) is 5.09. The molecule has 32 heavy (non-hydrogen) atoms. The molecule has 0 heterocycles. The molecule has 4 nitrogen and oxygen atoms in total. The summed E-state index contributed by atoms with van der Waals surface area (Å²) in [6.07, 6.45) is 6.12. The van der Waals surface area contributed by atoms with Gasteiger partial charge in [-0.05, 0) is 103 Å². The van der Waals surface area contributed by atoms with E-state index in [2.05, 4.69) is 0 Å². The maximum Gasteiger partial charge on any atom is 0.315 e. The summed E-state index contributed by atoms with van der Waals surface area (Å²) in [7, 11) is 1.57. The first-order valence-corrected chi connectivity index (χ1v) is 13.1. The minimum atomic E-state index is -0.946. The summed E-state index contributed by atoms with van der Waals surface area (Å²) in [6.45, 7) is 0.580. The van der Waals surface area contributed by atoms with Gasteiger partial charge in [0.05, 0.1) is 19.3 Å². The fourth-order valence-electron chi connectivity index (χ4n) is 13.7. The van der Waals surface area contributed by atoms with Gasteiger partial charge >= 0.3 is 5.97 Å². The van der Waals surface area contributed by atoms with E-state index in [-0.39, 0.29) is 17.3 Å². The number of ether oxygens (including phenoxy) is 2. The molecular weight excluding hydrogens is 400 g/mol. The summed E-state index contributed by atoms with van der Waals surface area (Å²) in [5, 5.41) is 13.2. The molecule has 9 bridgehead atoms. The Morgan fingerprint density at radius 1 is 0.938 bits per heavy atom. The number of methoxy groups -OCH3 is 1. The number of aliphatic hydroxyl groups is 1. The number of para-hydroxylation sites is 1. The normalized spacial score (nSPS) is 62.4. The van der Waals surface area contributed by atoms with Crippen LogP contribution in [0.4, 0.5) is 0 Å². The number of carbonyl (C=O) groups is 1. The van der Waals surface area contributed by atoms with Gasteiger partial charge in [0, 0.05) is 5.41 Å². The average Bonchev–Trinajstić information content (AvgIpc) is 3.59. The zero-order valence-corrected chi connectivity index (χ0v) is 18.7. The number of carbonyl (C=O) groups excluding carboxylic acids is 1. The van der Waals surface area contributed by atoms with Crippen LogP contribution in [-0.4, -0.2) is 30.4 Å². The van der Waals surface area contributed by atoms with Gasteiger partial charge in [-0.15, -0.1) is 0 Å². The molecule has 0 spiro atoms. The molecule has 1 aromatic carbocycles. The highest BCUT2D eigenvalue weighted by molar-refractivity contribution is 5.83. The maximum atomic E-state index is 14.0. The molecule has 4 heteroatoms. The Morgan fingerprint density at radius 3 is 2.44 bits per heavy atom. The van der Waals surface area contributed by atoms with Crippen LogP contribution in [0, 0.1) is 75.9 Å². The van der Waals surface area contributed by atoms with E-state index < -0.39 is 11.0 Å². The third-order valence-electron chi connectivity index (χ3n) is 13.2. The molecule has 0 radical (unpaired) electrons. The van der Waals surface area contributed by atoms with Gasteiger partial charge in [0.2, 0.25) is 0 Å². The largest absolute Gasteiger partial charge is 0.493 e. The van der Waals surface area contributed by atoms with Crippen LogP contribution in [0.1, 0.15) is 32.1 Å². The van der Waals surface area contributed by atoms with E-state index in [0.29, 0.717) is 65.8 Å². The molecule has 0 unspecified atom stereocenters. The smallest absolute Gasteiger partial charge is 0.315 e. The Kier molecular flexibility index (Phi) is 2.84. The van der Waals surface area contributed by atoms with E-state index in [0.717, 1.165) is 12.2 Å². The van der Waals surface area contributed by atoms with E-state index in [4.69, 9.17) is 9.47 Å². The van der Waals surface area contributed by atoms with Crippen molar-refractivity contribution in [3.05, 3.63) is 30.3 Å². The fraction of sp³-hybridized carbons (Fsp3) is 0.750. The summed E-state index contributed by atoms with van der Waals surface area (Å²) in [6, 6.07) is 10.2. The van der Waals surface area contributed by atoms with Crippen LogP contribution in [0.5, 0.6) is 5.75 Å². The number of rotatable bonds is 4. The van der Waals surface area contributed by atoms with Crippen LogP contribution in [0.2, 0.25) is 0 Å². The molecule has 9 fully saturated rings. The second-order valence-electron chi connectivity index (χ2n) is 12.7. The summed E-state index contributed by atoms with van der Waals surface area (Å²) >= 11 is 0. The summed E-state index contributed by atoms with van der Waals surface area (Å²) in [5.74, 6) is 6.66. The number of hydrogen-bond acceptors (Lipinski definition) is 4. The molecule has 168 valence electrons. The van der Waals surface area contributed by atoms with E-state index >= 15 is 0 Å². The zero-order valence-electron chi connectivity index (χ0n) is 18.7. The minimum Gasteiger partial charge on any atom is -0.493 e. The SMILES string of the molecule is COC(=O)[C@@]12[C@@H]3[C@@H]4CC[C@H]5[C@@H]4[C@@H]4[C@@H]3[C@@H]3[C@H]([C@H]6CCC[C@H]6[C@@H]31)[C@]4(COc1ccccc1)[C@]52O. The summed E-state index contributed by atoms with van der Waals surface area (Å²) in [4.78, 5) is 14.0. The van der Waals surface area contributed by atoms with E-state index in [1.807, 2.05) is 30.3 Å². The highest BCUT2D eigenvalue weighted by Gasteiger charge is 3.02. The predicted octanol–water partition coefficient (Wildman–Crippen LogP) is 3.78. The van der Waals surface area contributed by atoms with Crippen molar-refractivity contribution in [2.45, 2.75) is 37.7 Å². The Morgan fingerprint density at radius 2 is 1.66 bits per heavy atom. The van der Waals surface area contributed by atoms with Gasteiger partial charge in [-0.3, -0.25) is 4.79 Å². The lowest BCUT2D eigenvalue weighted by Crippen LogP contribution is -2.74. The van der Waals surface area contributed by atoms with Crippen molar-refractivity contribution in [3.8, 4) is 5.75 Å². The number of esters is 1. The topological polar surface area (TPSA) is 55.8 Å². The third kappa shape index (κ3) is 1.32. The monoisotopic (exact) mass is 432 g/mol. The van der Waals surface area contributed by atoms with Gasteiger partial charge in [-0.25, -0.2) is 0 Å². The van der Waals surface area contributed by atoms with Crippen molar-refractivity contribution in [3.63, 3.8) is 0 Å². The van der Waals surface area contributed by atoms with Gasteiger partial charge in [-0.1, -0.05) is 24.6 Å². The molecule has 0 aromatic heterocycles. The molecule has 1 aromatic rings. The van der Waals surface area contributed by atoms with Crippen molar-refractivity contribution in [1.29, 1.82) is 0 Å². The fourth-order valence-corrected chi connectivity index (χ4v) is 13.7. The lowest BCUT2D eigenvalue weighted by Gasteiger charge is -2.63. The minimum absolute atomic E-state index is 0.0618. The van der Waals surface area contributed by atoms with Crippen LogP contribution < -0.4 is 4.74 Å². The van der Waals surface area contributed by atoms with E-state index in [9.17, 15) is 9.90 Å². The van der Waals surface area contributed by atoms with Crippen molar-refractivity contribution < 1.29 is 19.4 Å². The van der Waals surface area contributed by atoms with Crippen molar-refractivity contribution in [1.82, 2.24) is 0 Å². The Hall–Kier alpha value is -1.55. The van der Waals surface area contributed by atoms with Gasteiger partial charge < -0.3 is 14.6 Å². The van der Waals surface area contributed by atoms with Crippen molar-refractivity contribution >= 4 is 5.97 Å². The molecule has 9 aliphatic rings. The highest BCUT2D eigenvalue weighted by atomic mass is 16.5. The highest BCUT2D eigenvalue weighted by Crippen LogP contribution is 2.98. The number of hydrogen-bond donors (Lipinski definition) is 1. The lowest BCUT2D eigenvalue weighted by molar-refractivity contribution is -0.271. The maximum absolute atomic E-state index is 14.0. The first-order valence-electron chi connectivity index (χ1n) is 13.1. The summed E-state index contributed by atoms with van der Waals surface area (Å²) in [5.41, 5.74) is -1.89. The third-order valence-corrected chi connectivity index (χ3v) is 13.2. The molecular formula is C28H32O4. The van der Waals surface area contributed by atoms with Crippen molar-refractivity contribution in [2.24, 2.45) is 75.9 Å². The Balaban J connectivity index is 1.32. The van der Waals surface area contributed by atoms with Crippen LogP contribution in [0.25, 0.3) is 0 Å². The molecule has 0 aliphatic heterocycles. The molecule has 10 rings (SSSR count). The molecule has 0 amide bonds. The molecule has 0 saturated heterocycles. The average molecular weight is 433 g/mol. The first kappa shape index (κ1) is 17.9. The molecule has 9 saturated carbocycles. The standard InChI is InChI=1S/C28H32O4/c1-31-25(29)27-22-15-9-5-8-14(15)21-19(22)20-23(27)16-10-11-17-18(16)24(20)26(21,28(17,27)30)12-32-13-6-3-2-4-7-13/h2-4,6-7,14-24,30H,5,8-12H2,1H3/t14-,15+,16+,17-,18+,19+,20+,21-,22-,23+,24+,26-,27-,28+/m0/s1. The van der Waals surface area contributed by atoms with Crippen LogP contribution in [0.15, 0.2) is 30.3 Å². The number of benzene rings is 1. The molecule has 9 aliphatic carbocycles. The van der Waals surface area contributed by atoms with Gasteiger partial charge in [0.1, 0.15) is 11.2 Å². The lowest BCUT2D eigenvalue weighted by atomic mass is 9.42. The zero-order chi connectivity index (χ0) is 21.2. The number of fused-ring (bicyclic) bond motifs is 1. The Bertz CT molecular complexity index is 1050. The molecule has 1 N–H and O–H groups in total. The van der Waals surface area contributed by atoms with E-state index in [1.54, 1.807) is 7.11 Å². The van der Waals surface area contributed by atoms with E-state index in [1.165, 1.54) is 25.7 Å². The quantitative estimate of drug-likeness (QED) is 0.736. The van der Waals surface area contributed by atoms with Crippen LogP contribution >= 0.6 is 0 Å². The van der Waals surface area contributed by atoms with Crippen molar-refractivity contribution in [2.75, 3.05) is 13.7 Å². The van der Waals surface area contributed by atoms with Gasteiger partial charge in [0.15, 0.2) is 0 Å². The predicted molar refractivity (Wildman–Crippen MR) is 115 cm³/mol. The molecule has 14 atom stereocenters. The Labute approximate surface area is 189 Å². The summed E-state index contributed by atoms with van der Waals surface area (Å²) < 4.78 is 12.3. The van der Waals surface area contributed by atoms with Crippen LogP contribution in [0.3, 0.4) is 0 Å². The first-order chi connectivity index (χ1) is 15.6. The van der Waals surface area contributed by atoms with Gasteiger partial charge in [-0.2, -0.15) is 0 Å². The van der Waals surface area contributed by atoms with Crippen LogP contribution in [-0.2, 0) is 9.53 Å².